The molecule has 0 spiro atoms. The largest absolute Gasteiger partial charge is 0.352 e. The molecule has 1 saturated carbocycles. The first-order valence-corrected chi connectivity index (χ1v) is 12.6. The number of carbonyl (C=O) groups excluding carboxylic acids is 2. The third-order valence-corrected chi connectivity index (χ3v) is 8.19. The van der Waals surface area contributed by atoms with Gasteiger partial charge in [-0.25, -0.2) is 4.98 Å². The number of amides is 1. The third-order valence-electron chi connectivity index (χ3n) is 6.88. The minimum Gasteiger partial charge on any atom is -0.352 e. The van der Waals surface area contributed by atoms with Crippen LogP contribution in [0.2, 0.25) is 5.02 Å². The number of rotatable bonds is 4. The van der Waals surface area contributed by atoms with Crippen molar-refractivity contribution in [1.82, 2.24) is 20.2 Å². The van der Waals surface area contributed by atoms with Crippen LogP contribution in [0.4, 0.5) is 0 Å². The molecular weight excluding hydrogens is 458 g/mol. The van der Waals surface area contributed by atoms with Gasteiger partial charge in [-0.2, -0.15) is 0 Å². The fourth-order valence-corrected chi connectivity index (χ4v) is 6.24. The number of Topliss-reactive ketones (excluding diaryl/α,β-unsaturated/α-hetero) is 1. The van der Waals surface area contributed by atoms with Gasteiger partial charge in [0.1, 0.15) is 5.54 Å². The molecule has 7 nitrogen and oxygen atoms in total. The van der Waals surface area contributed by atoms with E-state index in [1.807, 2.05) is 12.1 Å². The van der Waals surface area contributed by atoms with Gasteiger partial charge < -0.3 is 20.9 Å². The van der Waals surface area contributed by atoms with Crippen LogP contribution in [0.3, 0.4) is 0 Å². The second-order valence-corrected chi connectivity index (χ2v) is 10.8. The first-order chi connectivity index (χ1) is 15.8. The molecule has 33 heavy (non-hydrogen) atoms. The Balaban J connectivity index is 1.41. The lowest BCUT2D eigenvalue weighted by Crippen LogP contribution is -2.62. The monoisotopic (exact) mass is 485 g/mol. The SMILES string of the molecule is CN1CCc2nc(C(=O)NC3CCCCCC3(N)C(=O)c3cc4cc(Cl)ccc4[nH]3)sc2C1. The molecule has 174 valence electrons. The van der Waals surface area contributed by atoms with Gasteiger partial charge in [-0.05, 0) is 44.2 Å². The van der Waals surface area contributed by atoms with E-state index in [1.165, 1.54) is 11.3 Å². The van der Waals surface area contributed by atoms with Crippen LogP contribution in [0.25, 0.3) is 10.9 Å². The number of aromatic amines is 1. The standard InChI is InChI=1S/C24H28ClN5O2S/c1-30-10-8-17-19(13-30)33-23(28-17)22(32)29-20-5-3-2-4-9-24(20,26)21(31)18-12-14-11-15(25)6-7-16(14)27-18/h6-7,11-12,20,27H,2-5,8-10,13,26H2,1H3,(H,29,32). The molecule has 3 heterocycles. The van der Waals surface area contributed by atoms with E-state index in [9.17, 15) is 9.59 Å². The Morgan fingerprint density at radius 3 is 3.00 bits per heavy atom. The van der Waals surface area contributed by atoms with Crippen LogP contribution in [0.5, 0.6) is 0 Å². The van der Waals surface area contributed by atoms with E-state index >= 15 is 0 Å². The molecule has 2 aliphatic rings. The number of halogens is 1. The van der Waals surface area contributed by atoms with E-state index in [4.69, 9.17) is 17.3 Å². The third kappa shape index (κ3) is 4.33. The molecule has 4 N–H and O–H groups in total. The summed E-state index contributed by atoms with van der Waals surface area (Å²) in [6.07, 6.45) is 4.78. The molecule has 1 amide bonds. The zero-order chi connectivity index (χ0) is 23.2. The van der Waals surface area contributed by atoms with Crippen LogP contribution in [0.15, 0.2) is 24.3 Å². The summed E-state index contributed by atoms with van der Waals surface area (Å²) in [6, 6.07) is 6.80. The van der Waals surface area contributed by atoms with Crippen LogP contribution >= 0.6 is 22.9 Å². The Kier molecular flexibility index (Phi) is 6.03. The van der Waals surface area contributed by atoms with Crippen molar-refractivity contribution in [2.75, 3.05) is 13.6 Å². The van der Waals surface area contributed by atoms with E-state index in [0.29, 0.717) is 28.6 Å². The quantitative estimate of drug-likeness (QED) is 0.384. The van der Waals surface area contributed by atoms with Crippen LogP contribution in [0.1, 0.15) is 63.0 Å². The second-order valence-electron chi connectivity index (χ2n) is 9.29. The molecule has 0 radical (unpaired) electrons. The van der Waals surface area contributed by atoms with Crippen molar-refractivity contribution < 1.29 is 9.59 Å². The maximum atomic E-state index is 13.7. The zero-order valence-corrected chi connectivity index (χ0v) is 20.2. The van der Waals surface area contributed by atoms with Crippen molar-refractivity contribution in [3.63, 3.8) is 0 Å². The predicted molar refractivity (Wildman–Crippen MR) is 131 cm³/mol. The molecule has 3 aromatic rings. The summed E-state index contributed by atoms with van der Waals surface area (Å²) in [6.45, 7) is 1.75. The van der Waals surface area contributed by atoms with Gasteiger partial charge in [-0.15, -0.1) is 11.3 Å². The Bertz CT molecular complexity index is 1220. The molecule has 1 aliphatic carbocycles. The Morgan fingerprint density at radius 2 is 2.15 bits per heavy atom. The second kappa shape index (κ2) is 8.83. The molecule has 0 bridgehead atoms. The lowest BCUT2D eigenvalue weighted by atomic mass is 9.81. The number of likely N-dealkylation sites (N-methyl/N-ethyl adjacent to an activating group) is 1. The van der Waals surface area contributed by atoms with E-state index in [1.54, 1.807) is 12.1 Å². The lowest BCUT2D eigenvalue weighted by molar-refractivity contribution is 0.0797. The number of nitrogens with one attached hydrogen (secondary N) is 2. The maximum Gasteiger partial charge on any atom is 0.280 e. The van der Waals surface area contributed by atoms with Crippen LogP contribution in [0, 0.1) is 0 Å². The molecule has 2 aromatic heterocycles. The number of ketones is 1. The Hall–Kier alpha value is -2.26. The van der Waals surface area contributed by atoms with Gasteiger partial charge in [0.2, 0.25) is 5.78 Å². The molecule has 9 heteroatoms. The van der Waals surface area contributed by atoms with Crippen molar-refractivity contribution in [3.05, 3.63) is 50.6 Å². The number of thiazole rings is 1. The number of H-pyrrole nitrogens is 1. The highest BCUT2D eigenvalue weighted by Crippen LogP contribution is 2.31. The average molecular weight is 486 g/mol. The highest BCUT2D eigenvalue weighted by atomic mass is 35.5. The van der Waals surface area contributed by atoms with Gasteiger partial charge in [-0.3, -0.25) is 9.59 Å². The van der Waals surface area contributed by atoms with Gasteiger partial charge >= 0.3 is 0 Å². The number of nitrogens with zero attached hydrogens (tertiary/aromatic N) is 2. The zero-order valence-electron chi connectivity index (χ0n) is 18.6. The van der Waals surface area contributed by atoms with Gasteiger partial charge in [0.05, 0.1) is 17.4 Å². The first kappa shape index (κ1) is 22.5. The van der Waals surface area contributed by atoms with E-state index in [-0.39, 0.29) is 11.7 Å². The van der Waals surface area contributed by atoms with Gasteiger partial charge in [0.15, 0.2) is 5.01 Å². The fraction of sp³-hybridized carbons (Fsp3) is 0.458. The predicted octanol–water partition coefficient (Wildman–Crippen LogP) is 3.91. The molecule has 1 aliphatic heterocycles. The van der Waals surface area contributed by atoms with Crippen molar-refractivity contribution in [2.45, 2.75) is 56.7 Å². The van der Waals surface area contributed by atoms with Crippen molar-refractivity contribution >= 4 is 45.5 Å². The minimum atomic E-state index is -1.19. The summed E-state index contributed by atoms with van der Waals surface area (Å²) in [5, 5.41) is 5.02. The Labute approximate surface area is 201 Å². The summed E-state index contributed by atoms with van der Waals surface area (Å²) in [5.74, 6) is -0.419. The van der Waals surface area contributed by atoms with Crippen LogP contribution in [-0.2, 0) is 13.0 Å². The summed E-state index contributed by atoms with van der Waals surface area (Å²) >= 11 is 7.55. The molecule has 1 aromatic carbocycles. The van der Waals surface area contributed by atoms with Crippen LogP contribution < -0.4 is 11.1 Å². The van der Waals surface area contributed by atoms with E-state index in [2.05, 4.69) is 27.2 Å². The summed E-state index contributed by atoms with van der Waals surface area (Å²) in [4.78, 5) is 38.0. The lowest BCUT2D eigenvalue weighted by Gasteiger charge is -2.35. The number of fused-ring (bicyclic) bond motifs is 2. The minimum absolute atomic E-state index is 0.179. The molecule has 5 rings (SSSR count). The molecular formula is C24H28ClN5O2S. The fourth-order valence-electron chi connectivity index (χ4n) is 4.96. The summed E-state index contributed by atoms with van der Waals surface area (Å²) < 4.78 is 0. The topological polar surface area (TPSA) is 104 Å². The normalized spacial score (nSPS) is 23.8. The molecule has 2 atom stereocenters. The number of carbonyl (C=O) groups is 2. The number of nitrogens with two attached hydrogens (primary N) is 1. The first-order valence-electron chi connectivity index (χ1n) is 11.4. The van der Waals surface area contributed by atoms with Gasteiger partial charge in [0.25, 0.3) is 5.91 Å². The number of benzene rings is 1. The van der Waals surface area contributed by atoms with Crippen molar-refractivity contribution in [2.24, 2.45) is 5.73 Å². The van der Waals surface area contributed by atoms with Crippen molar-refractivity contribution in [1.29, 1.82) is 0 Å². The van der Waals surface area contributed by atoms with Crippen LogP contribution in [-0.4, -0.2) is 51.7 Å². The average Bonchev–Trinajstić information content (AvgIpc) is 3.35. The molecule has 1 fully saturated rings. The maximum absolute atomic E-state index is 13.7. The number of aromatic nitrogens is 2. The summed E-state index contributed by atoms with van der Waals surface area (Å²) in [7, 11) is 2.07. The van der Waals surface area contributed by atoms with E-state index < -0.39 is 11.6 Å². The highest BCUT2D eigenvalue weighted by Gasteiger charge is 2.44. The Morgan fingerprint density at radius 1 is 1.30 bits per heavy atom. The molecule has 2 unspecified atom stereocenters. The van der Waals surface area contributed by atoms with Gasteiger partial charge in [0, 0.05) is 40.3 Å². The molecule has 0 saturated heterocycles. The smallest absolute Gasteiger partial charge is 0.280 e. The van der Waals surface area contributed by atoms with E-state index in [0.717, 1.165) is 60.2 Å². The number of hydrogen-bond acceptors (Lipinski definition) is 6. The summed E-state index contributed by atoms with van der Waals surface area (Å²) in [5.41, 5.74) is 7.94. The number of hydrogen-bond donors (Lipinski definition) is 3. The van der Waals surface area contributed by atoms with Crippen molar-refractivity contribution in [3.8, 4) is 0 Å². The highest BCUT2D eigenvalue weighted by molar-refractivity contribution is 7.13. The van der Waals surface area contributed by atoms with Gasteiger partial charge in [-0.1, -0.05) is 30.9 Å².